The first kappa shape index (κ1) is 8.32. The summed E-state index contributed by atoms with van der Waals surface area (Å²) in [7, 11) is 1.89. The van der Waals surface area contributed by atoms with E-state index in [1.54, 1.807) is 11.3 Å². The highest BCUT2D eigenvalue weighted by atomic mass is 32.1. The van der Waals surface area contributed by atoms with Gasteiger partial charge in [0.25, 0.3) is 0 Å². The molecule has 0 amide bonds. The molecule has 1 aromatic rings. The van der Waals surface area contributed by atoms with Crippen molar-refractivity contribution in [3.63, 3.8) is 0 Å². The van der Waals surface area contributed by atoms with Crippen molar-refractivity contribution in [1.29, 1.82) is 0 Å². The normalized spacial score (nSPS) is 12.4. The van der Waals surface area contributed by atoms with Crippen molar-refractivity contribution >= 4 is 11.3 Å². The molecule has 0 spiro atoms. The van der Waals surface area contributed by atoms with E-state index in [4.69, 9.17) is 6.42 Å². The van der Waals surface area contributed by atoms with E-state index in [0.717, 1.165) is 6.42 Å². The average Bonchev–Trinajstić information content (AvgIpc) is 2.52. The van der Waals surface area contributed by atoms with Crippen molar-refractivity contribution in [3.8, 4) is 12.3 Å². The van der Waals surface area contributed by atoms with Crippen molar-refractivity contribution in [3.05, 3.63) is 22.4 Å². The molecule has 1 rings (SSSR count). The summed E-state index contributed by atoms with van der Waals surface area (Å²) in [6.07, 6.45) is 6.22. The van der Waals surface area contributed by atoms with E-state index in [2.05, 4.69) is 28.1 Å². The van der Waals surface area contributed by atoms with Crippen LogP contribution >= 0.6 is 11.3 Å². The molecule has 1 aromatic heterocycles. The Bertz CT molecular complexity index is 233. The molecule has 1 atom stereocenters. The van der Waals surface area contributed by atoms with Crippen LogP contribution in [0.3, 0.4) is 0 Å². The van der Waals surface area contributed by atoms with Gasteiger partial charge in [-0.15, -0.1) is 6.42 Å². The highest BCUT2D eigenvalue weighted by Gasteiger charge is 2.01. The van der Waals surface area contributed by atoms with Crippen molar-refractivity contribution in [2.45, 2.75) is 12.5 Å². The Morgan fingerprint density at radius 3 is 3.09 bits per heavy atom. The number of nitrogens with one attached hydrogen (secondary N) is 1. The first-order chi connectivity index (χ1) is 5.36. The SMILES string of the molecule is C#CC(Cc1ccsc1)NC. The molecule has 0 aliphatic heterocycles. The molecule has 0 fully saturated rings. The van der Waals surface area contributed by atoms with Gasteiger partial charge >= 0.3 is 0 Å². The zero-order chi connectivity index (χ0) is 8.10. The van der Waals surface area contributed by atoms with Gasteiger partial charge in [0.05, 0.1) is 6.04 Å². The number of thiophene rings is 1. The molecular weight excluding hydrogens is 154 g/mol. The monoisotopic (exact) mass is 165 g/mol. The minimum atomic E-state index is 0.171. The summed E-state index contributed by atoms with van der Waals surface area (Å²) in [5.41, 5.74) is 1.31. The molecule has 0 saturated heterocycles. The molecule has 11 heavy (non-hydrogen) atoms. The zero-order valence-electron chi connectivity index (χ0n) is 6.50. The summed E-state index contributed by atoms with van der Waals surface area (Å²) in [6.45, 7) is 0. The van der Waals surface area contributed by atoms with Gasteiger partial charge in [0.15, 0.2) is 0 Å². The maximum absolute atomic E-state index is 5.29. The predicted octanol–water partition coefficient (Wildman–Crippen LogP) is 1.51. The van der Waals surface area contributed by atoms with E-state index < -0.39 is 0 Å². The van der Waals surface area contributed by atoms with Gasteiger partial charge in [0, 0.05) is 0 Å². The molecule has 1 heterocycles. The van der Waals surface area contributed by atoms with Crippen molar-refractivity contribution in [2.75, 3.05) is 7.05 Å². The molecule has 0 aliphatic rings. The van der Waals surface area contributed by atoms with Crippen LogP contribution in [-0.2, 0) is 6.42 Å². The van der Waals surface area contributed by atoms with E-state index in [1.807, 2.05) is 7.05 Å². The van der Waals surface area contributed by atoms with Crippen molar-refractivity contribution in [1.82, 2.24) is 5.32 Å². The van der Waals surface area contributed by atoms with Gasteiger partial charge in [0.1, 0.15) is 0 Å². The highest BCUT2D eigenvalue weighted by Crippen LogP contribution is 2.07. The number of terminal acetylenes is 1. The molecule has 0 saturated carbocycles. The third-order valence-electron chi connectivity index (χ3n) is 1.57. The van der Waals surface area contributed by atoms with Gasteiger partial charge in [-0.05, 0) is 35.9 Å². The molecule has 1 nitrogen and oxygen atoms in total. The van der Waals surface area contributed by atoms with E-state index >= 15 is 0 Å². The Hall–Kier alpha value is -0.780. The number of likely N-dealkylation sites (N-methyl/N-ethyl adjacent to an activating group) is 1. The molecule has 0 aromatic carbocycles. The second-order valence-corrected chi connectivity index (χ2v) is 3.12. The second kappa shape index (κ2) is 4.17. The van der Waals surface area contributed by atoms with E-state index in [0.29, 0.717) is 0 Å². The van der Waals surface area contributed by atoms with Gasteiger partial charge in [-0.2, -0.15) is 11.3 Å². The average molecular weight is 165 g/mol. The first-order valence-corrected chi connectivity index (χ1v) is 4.45. The minimum Gasteiger partial charge on any atom is -0.306 e. The Balaban J connectivity index is 2.49. The van der Waals surface area contributed by atoms with Crippen LogP contribution in [0, 0.1) is 12.3 Å². The maximum atomic E-state index is 5.29. The molecule has 1 unspecified atom stereocenters. The van der Waals surface area contributed by atoms with Crippen LogP contribution in [0.25, 0.3) is 0 Å². The summed E-state index contributed by atoms with van der Waals surface area (Å²) in [5.74, 6) is 2.68. The van der Waals surface area contributed by atoms with Gasteiger partial charge in [-0.25, -0.2) is 0 Å². The van der Waals surface area contributed by atoms with E-state index in [9.17, 15) is 0 Å². The minimum absolute atomic E-state index is 0.171. The Morgan fingerprint density at radius 1 is 1.82 bits per heavy atom. The van der Waals surface area contributed by atoms with Crippen LogP contribution in [0.15, 0.2) is 16.8 Å². The fourth-order valence-electron chi connectivity index (χ4n) is 0.889. The van der Waals surface area contributed by atoms with Crippen molar-refractivity contribution in [2.24, 2.45) is 0 Å². The summed E-state index contributed by atoms with van der Waals surface area (Å²) in [5, 5.41) is 7.25. The lowest BCUT2D eigenvalue weighted by molar-refractivity contribution is 0.685. The molecule has 1 N–H and O–H groups in total. The van der Waals surface area contributed by atoms with Crippen LogP contribution in [0.5, 0.6) is 0 Å². The predicted molar refractivity (Wildman–Crippen MR) is 49.7 cm³/mol. The topological polar surface area (TPSA) is 12.0 Å². The number of rotatable bonds is 3. The largest absolute Gasteiger partial charge is 0.306 e. The smallest absolute Gasteiger partial charge is 0.0725 e. The number of hydrogen-bond acceptors (Lipinski definition) is 2. The van der Waals surface area contributed by atoms with Gasteiger partial charge in [0.2, 0.25) is 0 Å². The van der Waals surface area contributed by atoms with Crippen LogP contribution in [-0.4, -0.2) is 13.1 Å². The van der Waals surface area contributed by atoms with Gasteiger partial charge < -0.3 is 5.32 Å². The van der Waals surface area contributed by atoms with Crippen LogP contribution in [0.1, 0.15) is 5.56 Å². The van der Waals surface area contributed by atoms with Crippen LogP contribution in [0.2, 0.25) is 0 Å². The highest BCUT2D eigenvalue weighted by molar-refractivity contribution is 7.07. The third kappa shape index (κ3) is 2.38. The molecule has 58 valence electrons. The number of hydrogen-bond donors (Lipinski definition) is 1. The lowest BCUT2D eigenvalue weighted by Gasteiger charge is -2.06. The van der Waals surface area contributed by atoms with Crippen molar-refractivity contribution < 1.29 is 0 Å². The second-order valence-electron chi connectivity index (χ2n) is 2.34. The summed E-state index contributed by atoms with van der Waals surface area (Å²) in [6, 6.07) is 2.27. The lowest BCUT2D eigenvalue weighted by Crippen LogP contribution is -2.25. The van der Waals surface area contributed by atoms with Gasteiger partial charge in [-0.1, -0.05) is 5.92 Å². The molecule has 0 aliphatic carbocycles. The molecule has 0 bridgehead atoms. The zero-order valence-corrected chi connectivity index (χ0v) is 7.32. The third-order valence-corrected chi connectivity index (χ3v) is 2.30. The summed E-state index contributed by atoms with van der Waals surface area (Å²) >= 11 is 1.71. The van der Waals surface area contributed by atoms with Gasteiger partial charge in [-0.3, -0.25) is 0 Å². The molecule has 2 heteroatoms. The fraction of sp³-hybridized carbons (Fsp3) is 0.333. The Labute approximate surface area is 71.4 Å². The quantitative estimate of drug-likeness (QED) is 0.669. The molecule has 0 radical (unpaired) electrons. The van der Waals surface area contributed by atoms with Crippen LogP contribution < -0.4 is 5.32 Å². The first-order valence-electron chi connectivity index (χ1n) is 3.51. The Kier molecular flexibility index (Phi) is 3.15. The lowest BCUT2D eigenvalue weighted by atomic mass is 10.1. The van der Waals surface area contributed by atoms with Crippen LogP contribution in [0.4, 0.5) is 0 Å². The fourth-order valence-corrected chi connectivity index (χ4v) is 1.57. The summed E-state index contributed by atoms with van der Waals surface area (Å²) in [4.78, 5) is 0. The van der Waals surface area contributed by atoms with E-state index in [1.165, 1.54) is 5.56 Å². The summed E-state index contributed by atoms with van der Waals surface area (Å²) < 4.78 is 0. The molecular formula is C9H11NS. The standard InChI is InChI=1S/C9H11NS/c1-3-9(10-2)6-8-4-5-11-7-8/h1,4-5,7,9-10H,6H2,2H3. The Morgan fingerprint density at radius 2 is 2.64 bits per heavy atom. The van der Waals surface area contributed by atoms with E-state index in [-0.39, 0.29) is 6.04 Å². The maximum Gasteiger partial charge on any atom is 0.0725 e.